The molecule has 0 saturated carbocycles. The third-order valence-electron chi connectivity index (χ3n) is 3.85. The maximum Gasteiger partial charge on any atom is 0.245 e. The molecule has 1 unspecified atom stereocenters. The van der Waals surface area contributed by atoms with Gasteiger partial charge in [-0.2, -0.15) is 0 Å². The topological polar surface area (TPSA) is 66.4 Å². The molecule has 0 aliphatic heterocycles. The molecule has 2 heterocycles. The van der Waals surface area contributed by atoms with Gasteiger partial charge in [0, 0.05) is 22.5 Å². The molecule has 0 aliphatic carbocycles. The SMILES string of the molecule is CSC(=NC(NC(=O)/C=C/c1cccs1)C(Cl)(Cl)Cl)Nc1cccc2cccnc12. The van der Waals surface area contributed by atoms with Crippen molar-refractivity contribution in [3.8, 4) is 0 Å². The van der Waals surface area contributed by atoms with E-state index in [0.29, 0.717) is 5.17 Å². The van der Waals surface area contributed by atoms with Gasteiger partial charge in [0.05, 0.1) is 11.2 Å². The highest BCUT2D eigenvalue weighted by Gasteiger charge is 2.34. The number of thiophene rings is 1. The molecular weight excluding hydrogens is 483 g/mol. The van der Waals surface area contributed by atoms with Gasteiger partial charge in [-0.3, -0.25) is 9.78 Å². The summed E-state index contributed by atoms with van der Waals surface area (Å²) in [6.45, 7) is 0. The lowest BCUT2D eigenvalue weighted by Gasteiger charge is -2.22. The summed E-state index contributed by atoms with van der Waals surface area (Å²) in [6.07, 6.45) is 5.52. The molecule has 1 amide bonds. The number of carbonyl (C=O) groups excluding carboxylic acids is 1. The molecule has 0 fully saturated rings. The van der Waals surface area contributed by atoms with Crippen molar-refractivity contribution in [1.29, 1.82) is 0 Å². The number of benzene rings is 1. The Labute approximate surface area is 197 Å². The van der Waals surface area contributed by atoms with Crippen LogP contribution in [0.15, 0.2) is 65.1 Å². The summed E-state index contributed by atoms with van der Waals surface area (Å²) >= 11 is 21.1. The summed E-state index contributed by atoms with van der Waals surface area (Å²) in [7, 11) is 0. The number of nitrogens with zero attached hydrogens (tertiary/aromatic N) is 2. The predicted octanol–water partition coefficient (Wildman–Crippen LogP) is 5.95. The van der Waals surface area contributed by atoms with Crippen LogP contribution in [0.5, 0.6) is 0 Å². The number of hydrogen-bond donors (Lipinski definition) is 2. The average molecular weight is 500 g/mol. The van der Waals surface area contributed by atoms with Crippen LogP contribution in [-0.4, -0.2) is 32.3 Å². The Morgan fingerprint density at radius 1 is 1.23 bits per heavy atom. The van der Waals surface area contributed by atoms with Gasteiger partial charge in [-0.25, -0.2) is 4.99 Å². The number of nitrogens with one attached hydrogen (secondary N) is 2. The zero-order chi connectivity index (χ0) is 21.6. The Hall–Kier alpha value is -1.77. The number of aliphatic imine (C=N–C) groups is 1. The summed E-state index contributed by atoms with van der Waals surface area (Å²) < 4.78 is -1.84. The number of rotatable bonds is 5. The number of halogens is 3. The van der Waals surface area contributed by atoms with Crippen LogP contribution in [-0.2, 0) is 4.79 Å². The largest absolute Gasteiger partial charge is 0.333 e. The normalized spacial score (nSPS) is 13.5. The molecule has 0 saturated heterocycles. The first-order valence-electron chi connectivity index (χ1n) is 8.68. The first-order chi connectivity index (χ1) is 14.4. The van der Waals surface area contributed by atoms with Crippen molar-refractivity contribution in [3.63, 3.8) is 0 Å². The monoisotopic (exact) mass is 498 g/mol. The zero-order valence-corrected chi connectivity index (χ0v) is 19.6. The molecular formula is C20H17Cl3N4OS2. The number of fused-ring (bicyclic) bond motifs is 1. The molecule has 1 aromatic carbocycles. The molecule has 1 atom stereocenters. The van der Waals surface area contributed by atoms with E-state index in [0.717, 1.165) is 21.5 Å². The van der Waals surface area contributed by atoms with Gasteiger partial charge in [0.2, 0.25) is 9.70 Å². The van der Waals surface area contributed by atoms with Crippen molar-refractivity contribution in [1.82, 2.24) is 10.3 Å². The van der Waals surface area contributed by atoms with Crippen molar-refractivity contribution in [3.05, 3.63) is 65.0 Å². The van der Waals surface area contributed by atoms with Crippen LogP contribution in [0, 0.1) is 0 Å². The minimum Gasteiger partial charge on any atom is -0.333 e. The van der Waals surface area contributed by atoms with Crippen molar-refractivity contribution in [2.45, 2.75) is 9.96 Å². The fourth-order valence-corrected chi connectivity index (χ4v) is 3.84. The van der Waals surface area contributed by atoms with Crippen LogP contribution in [0.1, 0.15) is 4.88 Å². The molecule has 0 spiro atoms. The highest BCUT2D eigenvalue weighted by atomic mass is 35.6. The van der Waals surface area contributed by atoms with E-state index in [1.54, 1.807) is 12.3 Å². The van der Waals surface area contributed by atoms with E-state index in [4.69, 9.17) is 34.8 Å². The molecule has 10 heteroatoms. The first kappa shape index (κ1) is 22.9. The Kier molecular flexibility index (Phi) is 8.02. The van der Waals surface area contributed by atoms with Gasteiger partial charge in [-0.1, -0.05) is 70.8 Å². The van der Waals surface area contributed by atoms with Crippen molar-refractivity contribution in [2.24, 2.45) is 4.99 Å². The zero-order valence-electron chi connectivity index (χ0n) is 15.7. The summed E-state index contributed by atoms with van der Waals surface area (Å²) in [4.78, 5) is 22.1. The Balaban J connectivity index is 1.81. The van der Waals surface area contributed by atoms with E-state index >= 15 is 0 Å². The van der Waals surface area contributed by atoms with Gasteiger partial charge in [-0.05, 0) is 35.9 Å². The van der Waals surface area contributed by atoms with Gasteiger partial charge >= 0.3 is 0 Å². The van der Waals surface area contributed by atoms with Crippen molar-refractivity contribution in [2.75, 3.05) is 11.6 Å². The number of thioether (sulfide) groups is 1. The number of hydrogen-bond acceptors (Lipinski definition) is 5. The number of anilines is 1. The Morgan fingerprint density at radius 2 is 2.03 bits per heavy atom. The number of amidine groups is 1. The van der Waals surface area contributed by atoms with E-state index in [-0.39, 0.29) is 0 Å². The quantitative estimate of drug-likeness (QED) is 0.197. The summed E-state index contributed by atoms with van der Waals surface area (Å²) in [6, 6.07) is 13.4. The number of amides is 1. The molecule has 30 heavy (non-hydrogen) atoms. The maximum atomic E-state index is 12.3. The van der Waals surface area contributed by atoms with E-state index in [1.807, 2.05) is 54.1 Å². The summed E-state index contributed by atoms with van der Waals surface area (Å²) in [5, 5.41) is 9.21. The lowest BCUT2D eigenvalue weighted by Crippen LogP contribution is -2.42. The molecule has 5 nitrogen and oxygen atoms in total. The molecule has 156 valence electrons. The molecule has 0 bridgehead atoms. The van der Waals surface area contributed by atoms with Crippen LogP contribution in [0.25, 0.3) is 17.0 Å². The van der Waals surface area contributed by atoms with Gasteiger partial charge in [0.15, 0.2) is 11.3 Å². The lowest BCUT2D eigenvalue weighted by atomic mass is 10.2. The van der Waals surface area contributed by atoms with E-state index in [2.05, 4.69) is 20.6 Å². The second-order valence-electron chi connectivity index (χ2n) is 5.95. The van der Waals surface area contributed by atoms with Gasteiger partial charge in [0.1, 0.15) is 0 Å². The summed E-state index contributed by atoms with van der Waals surface area (Å²) in [5.74, 6) is -0.421. The Morgan fingerprint density at radius 3 is 2.73 bits per heavy atom. The number of alkyl halides is 3. The number of carbonyl (C=O) groups is 1. The lowest BCUT2D eigenvalue weighted by molar-refractivity contribution is -0.117. The standard InChI is InChI=1S/C20H17Cl3N4OS2/c1-29-19(25-15-8-2-5-13-6-3-11-24-17(13)15)27-18(20(21,22)23)26-16(28)10-9-14-7-4-12-30-14/h2-12,18H,1H3,(H,25,27)(H,26,28)/b10-9+. The van der Waals surface area contributed by atoms with Gasteiger partial charge in [-0.15, -0.1) is 11.3 Å². The molecule has 2 N–H and O–H groups in total. The molecule has 0 radical (unpaired) electrons. The first-order valence-corrected chi connectivity index (χ1v) is 11.9. The second kappa shape index (κ2) is 10.5. The van der Waals surface area contributed by atoms with Crippen molar-refractivity contribution >= 4 is 91.6 Å². The van der Waals surface area contributed by atoms with Gasteiger partial charge in [0.25, 0.3) is 0 Å². The second-order valence-corrected chi connectivity index (χ2v) is 10.1. The fourth-order valence-electron chi connectivity index (χ4n) is 2.49. The minimum absolute atomic E-state index is 0.421. The van der Waals surface area contributed by atoms with Crippen LogP contribution in [0.2, 0.25) is 0 Å². The van der Waals surface area contributed by atoms with E-state index in [9.17, 15) is 4.79 Å². The van der Waals surface area contributed by atoms with Crippen LogP contribution >= 0.6 is 57.9 Å². The number of para-hydroxylation sites is 1. The summed E-state index contributed by atoms with van der Waals surface area (Å²) in [5.41, 5.74) is 1.54. The number of pyridine rings is 1. The van der Waals surface area contributed by atoms with Crippen LogP contribution in [0.4, 0.5) is 5.69 Å². The average Bonchev–Trinajstić information content (AvgIpc) is 3.24. The highest BCUT2D eigenvalue weighted by Crippen LogP contribution is 2.32. The highest BCUT2D eigenvalue weighted by molar-refractivity contribution is 8.13. The Bertz CT molecular complexity index is 1060. The van der Waals surface area contributed by atoms with Crippen molar-refractivity contribution < 1.29 is 4.79 Å². The third-order valence-corrected chi connectivity index (χ3v) is 5.90. The number of aromatic nitrogens is 1. The van der Waals surface area contributed by atoms with E-state index < -0.39 is 15.9 Å². The molecule has 0 aliphatic rings. The molecule has 3 rings (SSSR count). The molecule has 2 aromatic heterocycles. The van der Waals surface area contributed by atoms with E-state index in [1.165, 1.54) is 29.2 Å². The maximum absolute atomic E-state index is 12.3. The van der Waals surface area contributed by atoms with Crippen LogP contribution < -0.4 is 10.6 Å². The smallest absolute Gasteiger partial charge is 0.245 e. The predicted molar refractivity (Wildman–Crippen MR) is 132 cm³/mol. The third kappa shape index (κ3) is 6.36. The van der Waals surface area contributed by atoms with Crippen LogP contribution in [0.3, 0.4) is 0 Å². The molecule has 3 aromatic rings. The minimum atomic E-state index is -1.84. The van der Waals surface area contributed by atoms with Gasteiger partial charge < -0.3 is 10.6 Å². The fraction of sp³-hybridized carbons (Fsp3) is 0.150.